The van der Waals surface area contributed by atoms with E-state index in [1.165, 1.54) is 0 Å². The van der Waals surface area contributed by atoms with Crippen LogP contribution < -0.4 is 11.1 Å². The number of benzene rings is 2. The second kappa shape index (κ2) is 6.22. The monoisotopic (exact) mass is 291 g/mol. The summed E-state index contributed by atoms with van der Waals surface area (Å²) in [6.45, 7) is 2.03. The van der Waals surface area contributed by atoms with Crippen LogP contribution in [0.1, 0.15) is 17.0 Å². The number of hydrogen-bond acceptors (Lipinski definition) is 5. The van der Waals surface area contributed by atoms with Crippen LogP contribution in [0, 0.1) is 6.92 Å². The van der Waals surface area contributed by atoms with Gasteiger partial charge in [0.05, 0.1) is 0 Å². The van der Waals surface area contributed by atoms with E-state index in [1.807, 2.05) is 61.5 Å². The molecule has 0 atom stereocenters. The number of rotatable bonds is 4. The summed E-state index contributed by atoms with van der Waals surface area (Å²) in [6.07, 6.45) is 0.621. The molecule has 3 N–H and O–H groups in total. The molecule has 5 nitrogen and oxygen atoms in total. The van der Waals surface area contributed by atoms with Gasteiger partial charge in [0.1, 0.15) is 5.82 Å². The van der Waals surface area contributed by atoms with Gasteiger partial charge in [0.2, 0.25) is 11.9 Å². The van der Waals surface area contributed by atoms with Crippen molar-refractivity contribution in [2.24, 2.45) is 0 Å². The molecule has 0 fully saturated rings. The van der Waals surface area contributed by atoms with Crippen LogP contribution in [0.5, 0.6) is 0 Å². The van der Waals surface area contributed by atoms with E-state index >= 15 is 0 Å². The highest BCUT2D eigenvalue weighted by Gasteiger charge is 2.07. The summed E-state index contributed by atoms with van der Waals surface area (Å²) >= 11 is 0. The molecule has 0 unspecified atom stereocenters. The van der Waals surface area contributed by atoms with Gasteiger partial charge in [-0.25, -0.2) is 0 Å². The molecule has 0 saturated heterocycles. The normalized spacial score (nSPS) is 10.4. The minimum atomic E-state index is 0.219. The molecule has 22 heavy (non-hydrogen) atoms. The summed E-state index contributed by atoms with van der Waals surface area (Å²) in [4.78, 5) is 12.8. The fraction of sp³-hybridized carbons (Fsp3) is 0.118. The third-order valence-corrected chi connectivity index (χ3v) is 3.30. The van der Waals surface area contributed by atoms with Crippen LogP contribution in [0.2, 0.25) is 0 Å². The van der Waals surface area contributed by atoms with Gasteiger partial charge in [-0.1, -0.05) is 48.5 Å². The van der Waals surface area contributed by atoms with Gasteiger partial charge in [0, 0.05) is 12.1 Å². The molecule has 0 spiro atoms. The highest BCUT2D eigenvalue weighted by molar-refractivity contribution is 5.58. The number of aryl methyl sites for hydroxylation is 1. The molecule has 3 rings (SSSR count). The van der Waals surface area contributed by atoms with Crippen molar-refractivity contribution < 1.29 is 0 Å². The van der Waals surface area contributed by atoms with Gasteiger partial charge in [0.25, 0.3) is 0 Å². The highest BCUT2D eigenvalue weighted by atomic mass is 15.2. The average Bonchev–Trinajstić information content (AvgIpc) is 2.50. The van der Waals surface area contributed by atoms with Crippen LogP contribution in [-0.4, -0.2) is 15.0 Å². The van der Waals surface area contributed by atoms with Crippen LogP contribution in [0.25, 0.3) is 0 Å². The first-order valence-corrected chi connectivity index (χ1v) is 7.08. The fourth-order valence-electron chi connectivity index (χ4n) is 2.18. The molecular formula is C17H17N5. The van der Waals surface area contributed by atoms with E-state index in [1.54, 1.807) is 0 Å². The molecule has 3 aromatic rings. The second-order valence-electron chi connectivity index (χ2n) is 5.04. The van der Waals surface area contributed by atoms with E-state index in [4.69, 9.17) is 5.73 Å². The number of para-hydroxylation sites is 1. The number of nitrogens with zero attached hydrogens (tertiary/aromatic N) is 3. The van der Waals surface area contributed by atoms with Crippen molar-refractivity contribution in [3.63, 3.8) is 0 Å². The lowest BCUT2D eigenvalue weighted by Crippen LogP contribution is -2.08. The van der Waals surface area contributed by atoms with Crippen molar-refractivity contribution in [1.82, 2.24) is 15.0 Å². The Morgan fingerprint density at radius 3 is 2.41 bits per heavy atom. The predicted octanol–water partition coefficient (Wildman–Crippen LogP) is 3.10. The van der Waals surface area contributed by atoms with Gasteiger partial charge >= 0.3 is 0 Å². The van der Waals surface area contributed by atoms with Crippen molar-refractivity contribution in [3.8, 4) is 0 Å². The Balaban J connectivity index is 1.85. The Hall–Kier alpha value is -2.95. The fourth-order valence-corrected chi connectivity index (χ4v) is 2.18. The molecule has 0 saturated carbocycles. The first kappa shape index (κ1) is 14.0. The Morgan fingerprint density at radius 2 is 1.64 bits per heavy atom. The van der Waals surface area contributed by atoms with E-state index in [0.717, 1.165) is 16.8 Å². The summed E-state index contributed by atoms with van der Waals surface area (Å²) in [5.74, 6) is 1.33. The maximum Gasteiger partial charge on any atom is 0.232 e. The molecule has 110 valence electrons. The van der Waals surface area contributed by atoms with Crippen molar-refractivity contribution in [3.05, 3.63) is 71.5 Å². The highest BCUT2D eigenvalue weighted by Crippen LogP contribution is 2.18. The third kappa shape index (κ3) is 3.38. The summed E-state index contributed by atoms with van der Waals surface area (Å²) in [6, 6.07) is 18.0. The largest absolute Gasteiger partial charge is 0.368 e. The Bertz CT molecular complexity index is 771. The molecule has 0 aliphatic carbocycles. The van der Waals surface area contributed by atoms with E-state index in [2.05, 4.69) is 20.3 Å². The molecule has 5 heteroatoms. The quantitative estimate of drug-likeness (QED) is 0.772. The zero-order chi connectivity index (χ0) is 15.4. The van der Waals surface area contributed by atoms with Crippen LogP contribution in [-0.2, 0) is 6.42 Å². The van der Waals surface area contributed by atoms with E-state index in [-0.39, 0.29) is 5.95 Å². The van der Waals surface area contributed by atoms with Crippen molar-refractivity contribution in [1.29, 1.82) is 0 Å². The lowest BCUT2D eigenvalue weighted by Gasteiger charge is -2.09. The molecule has 0 amide bonds. The molecule has 0 aliphatic heterocycles. The second-order valence-corrected chi connectivity index (χ2v) is 5.04. The lowest BCUT2D eigenvalue weighted by atomic mass is 10.1. The van der Waals surface area contributed by atoms with Crippen molar-refractivity contribution >= 4 is 17.6 Å². The summed E-state index contributed by atoms with van der Waals surface area (Å²) in [5.41, 5.74) is 9.01. The molecule has 1 aromatic heterocycles. The Labute approximate surface area is 129 Å². The smallest absolute Gasteiger partial charge is 0.232 e. The Kier molecular flexibility index (Phi) is 3.96. The van der Waals surface area contributed by atoms with Gasteiger partial charge in [-0.3, -0.25) is 0 Å². The summed E-state index contributed by atoms with van der Waals surface area (Å²) in [5, 5.41) is 3.20. The number of nitrogens with two attached hydrogens (primary N) is 1. The zero-order valence-corrected chi connectivity index (χ0v) is 12.3. The van der Waals surface area contributed by atoms with Gasteiger partial charge < -0.3 is 11.1 Å². The minimum absolute atomic E-state index is 0.219. The third-order valence-electron chi connectivity index (χ3n) is 3.30. The van der Waals surface area contributed by atoms with Gasteiger partial charge in [-0.15, -0.1) is 0 Å². The van der Waals surface area contributed by atoms with E-state index in [0.29, 0.717) is 18.2 Å². The predicted molar refractivity (Wildman–Crippen MR) is 87.9 cm³/mol. The maximum absolute atomic E-state index is 5.80. The summed E-state index contributed by atoms with van der Waals surface area (Å²) in [7, 11) is 0. The Morgan fingerprint density at radius 1 is 0.909 bits per heavy atom. The van der Waals surface area contributed by atoms with Gasteiger partial charge in [-0.05, 0) is 24.1 Å². The van der Waals surface area contributed by atoms with Crippen LogP contribution >= 0.6 is 0 Å². The number of hydrogen-bond donors (Lipinski definition) is 2. The molecule has 0 aliphatic rings. The molecule has 0 bridgehead atoms. The zero-order valence-electron chi connectivity index (χ0n) is 12.3. The van der Waals surface area contributed by atoms with Gasteiger partial charge in [-0.2, -0.15) is 15.0 Å². The number of nitrogen functional groups attached to an aromatic ring is 1. The maximum atomic E-state index is 5.80. The number of aromatic nitrogens is 3. The topological polar surface area (TPSA) is 76.7 Å². The SMILES string of the molecule is Cc1ccccc1Nc1nc(N)nc(Cc2ccccc2)n1. The lowest BCUT2D eigenvalue weighted by molar-refractivity contribution is 0.935. The van der Waals surface area contributed by atoms with E-state index in [9.17, 15) is 0 Å². The number of nitrogens with one attached hydrogen (secondary N) is 1. The number of anilines is 3. The average molecular weight is 291 g/mol. The first-order chi connectivity index (χ1) is 10.7. The van der Waals surface area contributed by atoms with Crippen LogP contribution in [0.4, 0.5) is 17.6 Å². The molecule has 2 aromatic carbocycles. The first-order valence-electron chi connectivity index (χ1n) is 7.08. The summed E-state index contributed by atoms with van der Waals surface area (Å²) < 4.78 is 0. The molecular weight excluding hydrogens is 274 g/mol. The van der Waals surface area contributed by atoms with E-state index < -0.39 is 0 Å². The molecule has 1 heterocycles. The van der Waals surface area contributed by atoms with Gasteiger partial charge in [0.15, 0.2) is 0 Å². The van der Waals surface area contributed by atoms with Crippen LogP contribution in [0.15, 0.2) is 54.6 Å². The van der Waals surface area contributed by atoms with Crippen LogP contribution in [0.3, 0.4) is 0 Å². The minimum Gasteiger partial charge on any atom is -0.368 e. The standard InChI is InChI=1S/C17H17N5/c1-12-7-5-6-10-14(12)19-17-21-15(20-16(18)22-17)11-13-8-3-2-4-9-13/h2-10H,11H2,1H3,(H3,18,19,20,21,22). The molecule has 0 radical (unpaired) electrons. The van der Waals surface area contributed by atoms with Crippen molar-refractivity contribution in [2.75, 3.05) is 11.1 Å². The van der Waals surface area contributed by atoms with Crippen molar-refractivity contribution in [2.45, 2.75) is 13.3 Å².